The van der Waals surface area contributed by atoms with Gasteiger partial charge in [0.05, 0.1) is 19.8 Å². The molecule has 1 aromatic heterocycles. The molecule has 0 spiro atoms. The number of halogens is 3. The van der Waals surface area contributed by atoms with Gasteiger partial charge < -0.3 is 14.5 Å². The van der Waals surface area contributed by atoms with Gasteiger partial charge in [-0.05, 0) is 18.6 Å². The van der Waals surface area contributed by atoms with Crippen molar-refractivity contribution >= 4 is 11.9 Å². The minimum absolute atomic E-state index is 0.0197. The van der Waals surface area contributed by atoms with Crippen LogP contribution >= 0.6 is 0 Å². The molecule has 0 saturated carbocycles. The Labute approximate surface area is 163 Å². The molecular weight excluding hydrogens is 391 g/mol. The van der Waals surface area contributed by atoms with E-state index >= 15 is 0 Å². The molecule has 0 aliphatic carbocycles. The standard InChI is InChI=1S/C19H18F3N3O4/c1-11-13(7-8-29-11)10-16(26)23-15(17(27)28-2)9-12-3-5-14(6-4-12)18(24-25-18)19(20,21)22/h3-8,15H,9-10H2,1-2H3,(H,23,26). The lowest BCUT2D eigenvalue weighted by atomic mass is 9.98. The molecule has 1 amide bonds. The molecule has 0 radical (unpaired) electrons. The summed E-state index contributed by atoms with van der Waals surface area (Å²) < 4.78 is 49.1. The molecule has 1 N–H and O–H groups in total. The second kappa shape index (κ2) is 7.69. The van der Waals surface area contributed by atoms with E-state index in [-0.39, 0.29) is 18.4 Å². The van der Waals surface area contributed by atoms with Crippen LogP contribution in [0.25, 0.3) is 0 Å². The van der Waals surface area contributed by atoms with Crippen LogP contribution in [0.4, 0.5) is 13.2 Å². The first-order chi connectivity index (χ1) is 13.7. The quantitative estimate of drug-likeness (QED) is 0.711. The highest BCUT2D eigenvalue weighted by atomic mass is 19.4. The van der Waals surface area contributed by atoms with E-state index < -0.39 is 29.8 Å². The van der Waals surface area contributed by atoms with Crippen LogP contribution in [-0.2, 0) is 32.8 Å². The van der Waals surface area contributed by atoms with Crippen molar-refractivity contribution in [2.24, 2.45) is 10.2 Å². The van der Waals surface area contributed by atoms with Crippen LogP contribution < -0.4 is 5.32 Å². The third kappa shape index (κ3) is 4.30. The van der Waals surface area contributed by atoms with Gasteiger partial charge in [-0.1, -0.05) is 24.3 Å². The lowest BCUT2D eigenvalue weighted by Gasteiger charge is -2.18. The van der Waals surface area contributed by atoms with E-state index in [1.165, 1.54) is 37.6 Å². The second-order valence-corrected chi connectivity index (χ2v) is 6.59. The summed E-state index contributed by atoms with van der Waals surface area (Å²) in [6, 6.07) is 6.06. The largest absolute Gasteiger partial charge is 0.469 e. The number of ether oxygens (including phenoxy) is 1. The molecule has 29 heavy (non-hydrogen) atoms. The van der Waals surface area contributed by atoms with E-state index in [0.717, 1.165) is 0 Å². The number of amides is 1. The minimum Gasteiger partial charge on any atom is -0.469 e. The molecule has 1 aromatic carbocycles. The molecule has 1 atom stereocenters. The van der Waals surface area contributed by atoms with Gasteiger partial charge in [0.25, 0.3) is 0 Å². The zero-order chi connectivity index (χ0) is 21.2. The lowest BCUT2D eigenvalue weighted by Crippen LogP contribution is -2.43. The molecule has 2 aromatic rings. The number of carbonyl (C=O) groups excluding carboxylic acids is 2. The maximum atomic E-state index is 13.1. The van der Waals surface area contributed by atoms with Crippen LogP contribution in [-0.4, -0.2) is 31.2 Å². The molecule has 2 heterocycles. The van der Waals surface area contributed by atoms with Gasteiger partial charge in [0.15, 0.2) is 0 Å². The lowest BCUT2D eigenvalue weighted by molar-refractivity contribution is -0.166. The number of alkyl halides is 3. The van der Waals surface area contributed by atoms with Crippen LogP contribution in [0.3, 0.4) is 0 Å². The Kier molecular flexibility index (Phi) is 5.45. The van der Waals surface area contributed by atoms with Crippen molar-refractivity contribution in [3.63, 3.8) is 0 Å². The van der Waals surface area contributed by atoms with E-state index in [4.69, 9.17) is 9.15 Å². The molecule has 3 rings (SSSR count). The number of benzene rings is 1. The van der Waals surface area contributed by atoms with Crippen molar-refractivity contribution in [1.29, 1.82) is 0 Å². The summed E-state index contributed by atoms with van der Waals surface area (Å²) in [5.74, 6) is -0.474. The van der Waals surface area contributed by atoms with E-state index in [1.807, 2.05) is 0 Å². The first-order valence-electron chi connectivity index (χ1n) is 8.66. The molecule has 154 valence electrons. The maximum Gasteiger partial charge on any atom is 0.442 e. The summed E-state index contributed by atoms with van der Waals surface area (Å²) in [6.07, 6.45) is -3.08. The molecule has 1 aliphatic heterocycles. The Morgan fingerprint density at radius 2 is 1.86 bits per heavy atom. The van der Waals surface area contributed by atoms with Crippen LogP contribution in [0.5, 0.6) is 0 Å². The summed E-state index contributed by atoms with van der Waals surface area (Å²) in [5, 5.41) is 8.89. The summed E-state index contributed by atoms with van der Waals surface area (Å²) in [6.45, 7) is 1.72. The van der Waals surface area contributed by atoms with Crippen LogP contribution in [0.1, 0.15) is 22.5 Å². The van der Waals surface area contributed by atoms with Crippen molar-refractivity contribution in [3.05, 3.63) is 59.0 Å². The van der Waals surface area contributed by atoms with Crippen molar-refractivity contribution in [2.45, 2.75) is 37.6 Å². The maximum absolute atomic E-state index is 13.1. The molecule has 0 saturated heterocycles. The average molecular weight is 409 g/mol. The van der Waals surface area contributed by atoms with E-state index in [0.29, 0.717) is 16.9 Å². The molecular formula is C19H18F3N3O4. The minimum atomic E-state index is -4.61. The van der Waals surface area contributed by atoms with Gasteiger partial charge in [-0.3, -0.25) is 4.79 Å². The van der Waals surface area contributed by atoms with Crippen molar-refractivity contribution < 1.29 is 31.9 Å². The number of aryl methyl sites for hydroxylation is 1. The fraction of sp³-hybridized carbons (Fsp3) is 0.368. The summed E-state index contributed by atoms with van der Waals surface area (Å²) in [7, 11) is 1.19. The third-order valence-corrected chi connectivity index (χ3v) is 4.63. The Hall–Kier alpha value is -3.17. The van der Waals surface area contributed by atoms with Gasteiger partial charge in [0.2, 0.25) is 5.91 Å². The number of esters is 1. The number of rotatable bonds is 7. The third-order valence-electron chi connectivity index (χ3n) is 4.63. The fourth-order valence-electron chi connectivity index (χ4n) is 2.90. The summed E-state index contributed by atoms with van der Waals surface area (Å²) >= 11 is 0. The molecule has 0 bridgehead atoms. The zero-order valence-electron chi connectivity index (χ0n) is 15.6. The highest BCUT2D eigenvalue weighted by Crippen LogP contribution is 2.52. The first kappa shape index (κ1) is 20.6. The first-order valence-corrected chi connectivity index (χ1v) is 8.66. The van der Waals surface area contributed by atoms with Gasteiger partial charge in [-0.2, -0.15) is 13.2 Å². The van der Waals surface area contributed by atoms with Gasteiger partial charge in [-0.15, -0.1) is 10.2 Å². The normalized spacial score (nSPS) is 15.6. The Morgan fingerprint density at radius 1 is 1.21 bits per heavy atom. The predicted octanol–water partition coefficient (Wildman–Crippen LogP) is 3.21. The number of furan rings is 1. The molecule has 1 aliphatic rings. The highest BCUT2D eigenvalue weighted by Gasteiger charge is 2.65. The summed E-state index contributed by atoms with van der Waals surface area (Å²) in [4.78, 5) is 24.3. The van der Waals surface area contributed by atoms with Gasteiger partial charge in [0, 0.05) is 17.5 Å². The van der Waals surface area contributed by atoms with Crippen LogP contribution in [0, 0.1) is 6.92 Å². The topological polar surface area (TPSA) is 93.3 Å². The van der Waals surface area contributed by atoms with Crippen LogP contribution in [0.15, 0.2) is 51.2 Å². The number of nitrogens with one attached hydrogen (secondary N) is 1. The van der Waals surface area contributed by atoms with Crippen LogP contribution in [0.2, 0.25) is 0 Å². The zero-order valence-corrected chi connectivity index (χ0v) is 15.6. The molecule has 7 nitrogen and oxygen atoms in total. The fourth-order valence-corrected chi connectivity index (χ4v) is 2.90. The Bertz CT molecular complexity index is 929. The monoisotopic (exact) mass is 409 g/mol. The number of hydrogen-bond acceptors (Lipinski definition) is 6. The smallest absolute Gasteiger partial charge is 0.442 e. The highest BCUT2D eigenvalue weighted by molar-refractivity contribution is 5.85. The van der Waals surface area contributed by atoms with Gasteiger partial charge >= 0.3 is 17.8 Å². The average Bonchev–Trinajstić information content (AvgIpc) is 3.40. The summed E-state index contributed by atoms with van der Waals surface area (Å²) in [5.41, 5.74) is -1.38. The Morgan fingerprint density at radius 3 is 2.34 bits per heavy atom. The second-order valence-electron chi connectivity index (χ2n) is 6.59. The molecule has 0 fully saturated rings. The number of carbonyl (C=O) groups is 2. The van der Waals surface area contributed by atoms with Crippen molar-refractivity contribution in [1.82, 2.24) is 5.32 Å². The predicted molar refractivity (Wildman–Crippen MR) is 93.8 cm³/mol. The number of hydrogen-bond donors (Lipinski definition) is 1. The number of nitrogens with zero attached hydrogens (tertiary/aromatic N) is 2. The number of methoxy groups -OCH3 is 1. The van der Waals surface area contributed by atoms with E-state index in [1.54, 1.807) is 13.0 Å². The van der Waals surface area contributed by atoms with E-state index in [2.05, 4.69) is 15.5 Å². The van der Waals surface area contributed by atoms with Crippen molar-refractivity contribution in [2.75, 3.05) is 7.11 Å². The van der Waals surface area contributed by atoms with Crippen molar-refractivity contribution in [3.8, 4) is 0 Å². The van der Waals surface area contributed by atoms with Gasteiger partial charge in [0.1, 0.15) is 11.8 Å². The Balaban J connectivity index is 1.68. The van der Waals surface area contributed by atoms with E-state index in [9.17, 15) is 22.8 Å². The van der Waals surface area contributed by atoms with Gasteiger partial charge in [-0.25, -0.2) is 4.79 Å². The SMILES string of the molecule is COC(=O)C(Cc1ccc(C2(C(F)(F)F)N=N2)cc1)NC(=O)Cc1ccoc1C. The molecule has 10 heteroatoms. The molecule has 1 unspecified atom stereocenters.